The summed E-state index contributed by atoms with van der Waals surface area (Å²) in [6.07, 6.45) is 5.10. The molecule has 0 saturated carbocycles. The minimum absolute atomic E-state index is 0.0168. The Bertz CT molecular complexity index is 759. The van der Waals surface area contributed by atoms with Crippen LogP contribution < -0.4 is 0 Å². The zero-order valence-corrected chi connectivity index (χ0v) is 12.0. The van der Waals surface area contributed by atoms with Gasteiger partial charge in [0.25, 0.3) is 0 Å². The topological polar surface area (TPSA) is 56.3 Å². The summed E-state index contributed by atoms with van der Waals surface area (Å²) in [5, 5.41) is 10.8. The average Bonchev–Trinajstić information content (AvgIpc) is 2.91. The molecule has 0 saturated heterocycles. The number of aromatic amines is 1. The predicted octanol–water partition coefficient (Wildman–Crippen LogP) is 1.96. The quantitative estimate of drug-likeness (QED) is 0.786. The zero-order chi connectivity index (χ0) is 14.6. The molecule has 2 aromatic rings. The molecule has 4 heteroatoms. The van der Waals surface area contributed by atoms with E-state index in [4.69, 9.17) is 0 Å². The maximum absolute atomic E-state index is 12.0. The van der Waals surface area contributed by atoms with Crippen LogP contribution in [0.3, 0.4) is 0 Å². The van der Waals surface area contributed by atoms with E-state index < -0.39 is 0 Å². The monoisotopic (exact) mass is 282 g/mol. The van der Waals surface area contributed by atoms with Gasteiger partial charge < -0.3 is 15.0 Å². The van der Waals surface area contributed by atoms with Gasteiger partial charge in [0.2, 0.25) is 5.91 Å². The Morgan fingerprint density at radius 1 is 1.48 bits per heavy atom. The molecule has 1 aromatic carbocycles. The molecule has 4 nitrogen and oxygen atoms in total. The van der Waals surface area contributed by atoms with Gasteiger partial charge in [0, 0.05) is 42.5 Å². The number of nitrogens with one attached hydrogen (secondary N) is 1. The van der Waals surface area contributed by atoms with Crippen LogP contribution >= 0.6 is 0 Å². The number of amides is 1. The molecule has 1 aliphatic carbocycles. The highest BCUT2D eigenvalue weighted by atomic mass is 16.3. The molecule has 108 valence electrons. The summed E-state index contributed by atoms with van der Waals surface area (Å²) in [5.41, 5.74) is 4.63. The first-order valence-electron chi connectivity index (χ1n) is 7.35. The maximum Gasteiger partial charge on any atom is 0.220 e. The van der Waals surface area contributed by atoms with Crippen molar-refractivity contribution in [1.29, 1.82) is 0 Å². The third-order valence-electron chi connectivity index (χ3n) is 4.82. The molecule has 0 fully saturated rings. The van der Waals surface area contributed by atoms with Gasteiger partial charge in [0.1, 0.15) is 0 Å². The number of carbonyl (C=O) groups excluding carboxylic acids is 1. The van der Waals surface area contributed by atoms with Crippen molar-refractivity contribution in [3.63, 3.8) is 0 Å². The number of rotatable bonds is 1. The van der Waals surface area contributed by atoms with Crippen LogP contribution in [0.5, 0.6) is 0 Å². The van der Waals surface area contributed by atoms with Crippen LogP contribution in [0.4, 0.5) is 0 Å². The van der Waals surface area contributed by atoms with Gasteiger partial charge in [-0.3, -0.25) is 4.79 Å². The highest BCUT2D eigenvalue weighted by Crippen LogP contribution is 2.42. The van der Waals surface area contributed by atoms with E-state index in [0.717, 1.165) is 17.5 Å². The number of nitrogens with zero attached hydrogens (tertiary/aromatic N) is 1. The van der Waals surface area contributed by atoms with Crippen LogP contribution in [-0.2, 0) is 11.2 Å². The molecule has 0 bridgehead atoms. The first kappa shape index (κ1) is 12.7. The van der Waals surface area contributed by atoms with E-state index in [1.807, 2.05) is 4.90 Å². The maximum atomic E-state index is 12.0. The summed E-state index contributed by atoms with van der Waals surface area (Å²) in [6, 6.07) is 6.45. The summed E-state index contributed by atoms with van der Waals surface area (Å²) in [7, 11) is 0. The van der Waals surface area contributed by atoms with Crippen LogP contribution in [0.25, 0.3) is 10.9 Å². The van der Waals surface area contributed by atoms with E-state index >= 15 is 0 Å². The number of aromatic nitrogens is 1. The van der Waals surface area contributed by atoms with E-state index in [0.29, 0.717) is 6.54 Å². The molecule has 4 rings (SSSR count). The molecule has 0 unspecified atom stereocenters. The van der Waals surface area contributed by atoms with Gasteiger partial charge in [-0.2, -0.15) is 0 Å². The van der Waals surface area contributed by atoms with E-state index in [9.17, 15) is 9.90 Å². The fourth-order valence-corrected chi connectivity index (χ4v) is 3.88. The second-order valence-electron chi connectivity index (χ2n) is 6.01. The fraction of sp³-hybridized carbons (Fsp3) is 0.353. The Morgan fingerprint density at radius 2 is 2.33 bits per heavy atom. The zero-order valence-electron chi connectivity index (χ0n) is 12.0. The standard InChI is InChI=1S/C17H18N2O2/c1-10(21)19-8-11(9-20)5-14-13-3-2-4-15-17(13)12(7-18-15)6-16(14)19/h2-5,7,14,16,18,20H,6,8-9H2,1H3/t14-,16-/m1/s1. The molecule has 1 aliphatic heterocycles. The Morgan fingerprint density at radius 3 is 3.10 bits per heavy atom. The van der Waals surface area contributed by atoms with Crippen molar-refractivity contribution in [1.82, 2.24) is 9.88 Å². The van der Waals surface area contributed by atoms with Crippen molar-refractivity contribution in [2.24, 2.45) is 0 Å². The van der Waals surface area contributed by atoms with Crippen LogP contribution in [0, 0.1) is 0 Å². The normalized spacial score (nSPS) is 23.9. The minimum Gasteiger partial charge on any atom is -0.392 e. The molecule has 2 N–H and O–H groups in total. The molecule has 0 radical (unpaired) electrons. The number of hydrogen-bond donors (Lipinski definition) is 2. The SMILES string of the molecule is CC(=O)N1CC(CO)=C[C@@H]2c3cccc4[nH]cc(c34)C[C@H]21. The fourth-order valence-electron chi connectivity index (χ4n) is 3.88. The first-order valence-corrected chi connectivity index (χ1v) is 7.35. The van der Waals surface area contributed by atoms with Crippen molar-refractivity contribution in [2.45, 2.75) is 25.3 Å². The van der Waals surface area contributed by atoms with Crippen molar-refractivity contribution in [3.8, 4) is 0 Å². The molecule has 2 atom stereocenters. The molecule has 0 spiro atoms. The number of hydrogen-bond acceptors (Lipinski definition) is 2. The third-order valence-corrected chi connectivity index (χ3v) is 4.82. The van der Waals surface area contributed by atoms with E-state index in [1.54, 1.807) is 6.92 Å². The van der Waals surface area contributed by atoms with E-state index in [1.165, 1.54) is 16.5 Å². The number of H-pyrrole nitrogens is 1. The molecule has 21 heavy (non-hydrogen) atoms. The van der Waals surface area contributed by atoms with Gasteiger partial charge in [-0.05, 0) is 29.2 Å². The highest BCUT2D eigenvalue weighted by Gasteiger charge is 2.38. The summed E-state index contributed by atoms with van der Waals surface area (Å²) >= 11 is 0. The Hall–Kier alpha value is -2.07. The van der Waals surface area contributed by atoms with Gasteiger partial charge in [-0.15, -0.1) is 0 Å². The van der Waals surface area contributed by atoms with E-state index in [-0.39, 0.29) is 24.5 Å². The second-order valence-corrected chi connectivity index (χ2v) is 6.01. The van der Waals surface area contributed by atoms with Gasteiger partial charge in [-0.1, -0.05) is 18.2 Å². The molecule has 2 heterocycles. The average molecular weight is 282 g/mol. The molecule has 1 aromatic heterocycles. The summed E-state index contributed by atoms with van der Waals surface area (Å²) in [4.78, 5) is 17.3. The van der Waals surface area contributed by atoms with Crippen LogP contribution in [0.1, 0.15) is 24.0 Å². The summed E-state index contributed by atoms with van der Waals surface area (Å²) in [6.45, 7) is 2.18. The first-order chi connectivity index (χ1) is 10.2. The van der Waals surface area contributed by atoms with Gasteiger partial charge in [0.15, 0.2) is 0 Å². The van der Waals surface area contributed by atoms with Crippen LogP contribution in [-0.4, -0.2) is 40.1 Å². The summed E-state index contributed by atoms with van der Waals surface area (Å²) < 4.78 is 0. The van der Waals surface area contributed by atoms with E-state index in [2.05, 4.69) is 35.5 Å². The number of aliphatic hydroxyl groups excluding tert-OH is 1. The lowest BCUT2D eigenvalue weighted by Gasteiger charge is -2.42. The molecular weight excluding hydrogens is 264 g/mol. The Kier molecular flexibility index (Phi) is 2.69. The molecular formula is C17H18N2O2. The van der Waals surface area contributed by atoms with Gasteiger partial charge >= 0.3 is 0 Å². The van der Waals surface area contributed by atoms with Crippen molar-refractivity contribution >= 4 is 16.8 Å². The van der Waals surface area contributed by atoms with Gasteiger partial charge in [0.05, 0.1) is 6.61 Å². The number of aliphatic hydroxyl groups is 1. The number of fused-ring (bicyclic) bond motifs is 2. The Labute approximate surface area is 123 Å². The molecule has 1 amide bonds. The Balaban J connectivity index is 1.92. The lowest BCUT2D eigenvalue weighted by atomic mass is 9.76. The van der Waals surface area contributed by atoms with Gasteiger partial charge in [-0.25, -0.2) is 0 Å². The minimum atomic E-state index is 0.0168. The predicted molar refractivity (Wildman–Crippen MR) is 81.1 cm³/mol. The van der Waals surface area contributed by atoms with Crippen LogP contribution in [0.2, 0.25) is 0 Å². The number of carbonyl (C=O) groups is 1. The van der Waals surface area contributed by atoms with Crippen molar-refractivity contribution in [2.75, 3.05) is 13.2 Å². The van der Waals surface area contributed by atoms with Crippen molar-refractivity contribution in [3.05, 3.63) is 47.2 Å². The highest BCUT2D eigenvalue weighted by molar-refractivity contribution is 5.89. The lowest BCUT2D eigenvalue weighted by Crippen LogP contribution is -2.48. The van der Waals surface area contributed by atoms with Crippen molar-refractivity contribution < 1.29 is 9.90 Å². The summed E-state index contributed by atoms with van der Waals surface area (Å²) in [5.74, 6) is 0.256. The smallest absolute Gasteiger partial charge is 0.220 e. The second kappa shape index (κ2) is 4.46. The van der Waals surface area contributed by atoms with Crippen LogP contribution in [0.15, 0.2) is 36.0 Å². The third kappa shape index (κ3) is 1.75. The number of benzene rings is 1. The largest absolute Gasteiger partial charge is 0.392 e. The molecule has 2 aliphatic rings. The lowest BCUT2D eigenvalue weighted by molar-refractivity contribution is -0.131.